The van der Waals surface area contributed by atoms with Gasteiger partial charge in [-0.15, -0.1) is 17.0 Å². The number of halogens is 1. The first-order chi connectivity index (χ1) is 20.8. The van der Waals surface area contributed by atoms with Crippen molar-refractivity contribution < 1.29 is 23.5 Å². The summed E-state index contributed by atoms with van der Waals surface area (Å²) < 4.78 is 14.0. The van der Waals surface area contributed by atoms with Crippen molar-refractivity contribution in [3.63, 3.8) is 0 Å². The van der Waals surface area contributed by atoms with Gasteiger partial charge in [0, 0.05) is 24.8 Å². The van der Waals surface area contributed by atoms with Crippen molar-refractivity contribution in [2.45, 2.75) is 156 Å². The van der Waals surface area contributed by atoms with Crippen LogP contribution in [0, 0.1) is 39.9 Å². The van der Waals surface area contributed by atoms with E-state index in [0.717, 1.165) is 24.0 Å². The zero-order valence-electron chi connectivity index (χ0n) is 29.8. The van der Waals surface area contributed by atoms with Gasteiger partial charge >= 0.3 is 11.9 Å². The van der Waals surface area contributed by atoms with E-state index in [1.54, 1.807) is 6.92 Å². The van der Waals surface area contributed by atoms with Crippen molar-refractivity contribution in [2.24, 2.45) is 39.9 Å². The molecule has 2 heterocycles. The number of hydrogen-bond donors (Lipinski definition) is 0. The lowest BCUT2D eigenvalue weighted by atomic mass is 9.44. The number of likely N-dealkylation sites (tertiary alicyclic amines) is 2. The second-order valence-electron chi connectivity index (χ2n) is 18.2. The van der Waals surface area contributed by atoms with Gasteiger partial charge in [-0.05, 0) is 140 Å². The minimum absolute atomic E-state index is 0. The Balaban J connectivity index is 0.00000400. The molecule has 0 N–H and O–H groups in total. The fourth-order valence-electron chi connectivity index (χ4n) is 12.0. The number of carbonyl (C=O) groups is 2. The summed E-state index contributed by atoms with van der Waals surface area (Å²) in [6.45, 7) is 17.6. The van der Waals surface area contributed by atoms with Crippen molar-refractivity contribution in [3.05, 3.63) is 0 Å². The summed E-state index contributed by atoms with van der Waals surface area (Å²) in [4.78, 5) is 28.6. The van der Waals surface area contributed by atoms with E-state index in [1.807, 2.05) is 20.8 Å². The number of likely N-dealkylation sites (N-methyl/N-ethyl adjacent to an activating group) is 1. The average molecular weight is 695 g/mol. The molecule has 258 valence electrons. The summed E-state index contributed by atoms with van der Waals surface area (Å²) in [6.07, 6.45) is 17.5. The number of hydrogen-bond acceptors (Lipinski definition) is 5. The van der Waals surface area contributed by atoms with Crippen molar-refractivity contribution in [2.75, 3.05) is 33.2 Å². The minimum atomic E-state index is -0.483. The van der Waals surface area contributed by atoms with E-state index in [2.05, 4.69) is 25.8 Å². The minimum Gasteiger partial charge on any atom is -0.461 e. The number of rotatable bonds is 4. The molecule has 0 aromatic heterocycles. The fraction of sp³-hybridized carbons (Fsp3) is 0.947. The molecule has 6 nitrogen and oxygen atoms in total. The lowest BCUT2D eigenvalue weighted by Crippen LogP contribution is -2.61. The molecule has 0 aromatic rings. The van der Waals surface area contributed by atoms with Crippen LogP contribution >= 0.6 is 17.0 Å². The normalized spacial score (nSPS) is 43.4. The van der Waals surface area contributed by atoms with Crippen LogP contribution in [-0.4, -0.2) is 78.8 Å². The van der Waals surface area contributed by atoms with Crippen LogP contribution in [0.3, 0.4) is 0 Å². The number of carbonyl (C=O) groups excluding carboxylic acids is 2. The van der Waals surface area contributed by atoms with E-state index in [9.17, 15) is 9.59 Å². The van der Waals surface area contributed by atoms with Gasteiger partial charge in [0.1, 0.15) is 12.1 Å². The van der Waals surface area contributed by atoms with Gasteiger partial charge in [-0.25, -0.2) is 0 Å². The standard InChI is InChI=1S/C38H65N2O4.BrH/c1-26(41)43-33-23-27-15-16-28-29(38(27,6)25-31(33)39-19-11-10-12-20-39)17-18-37(5)30(28)24-32(34(37)44-35(42)36(2,3)4)40(7)21-13-8-9-14-22-40;/h27-34H,8-25H2,1-7H3;1H/q+1;/t27?,28-,29-,30+,31?,32?,33?,34?,37+,38+;/m1./s1. The molecule has 2 aliphatic heterocycles. The smallest absolute Gasteiger partial charge is 0.311 e. The third-order valence-electron chi connectivity index (χ3n) is 14.5. The highest BCUT2D eigenvalue weighted by Gasteiger charge is 2.67. The summed E-state index contributed by atoms with van der Waals surface area (Å²) in [5, 5.41) is 0. The molecule has 6 rings (SSSR count). The topological polar surface area (TPSA) is 55.8 Å². The average Bonchev–Trinajstić information content (AvgIpc) is 3.09. The maximum absolute atomic E-state index is 13.6. The molecule has 0 amide bonds. The zero-order valence-corrected chi connectivity index (χ0v) is 31.5. The van der Waals surface area contributed by atoms with Crippen LogP contribution in [0.1, 0.15) is 131 Å². The predicted molar refractivity (Wildman–Crippen MR) is 185 cm³/mol. The molecule has 2 saturated heterocycles. The van der Waals surface area contributed by atoms with Crippen LogP contribution < -0.4 is 0 Å². The van der Waals surface area contributed by atoms with Gasteiger partial charge in [0.25, 0.3) is 0 Å². The van der Waals surface area contributed by atoms with Crippen LogP contribution in [0.25, 0.3) is 0 Å². The SMILES string of the molecule is Br.CC(=O)OC1CC2CC[C@@H]3[C@@H](CC[C@]4(C)C(OC(=O)C(C)(C)C)C([N+]5(C)CCCCCC5)C[C@@H]34)[C@@]2(C)CC1N1CCCCC1. The Morgan fingerprint density at radius 2 is 1.47 bits per heavy atom. The summed E-state index contributed by atoms with van der Waals surface area (Å²) in [5.41, 5.74) is -0.159. The highest BCUT2D eigenvalue weighted by molar-refractivity contribution is 8.93. The summed E-state index contributed by atoms with van der Waals surface area (Å²) >= 11 is 0. The van der Waals surface area contributed by atoms with Gasteiger partial charge < -0.3 is 14.0 Å². The summed E-state index contributed by atoms with van der Waals surface area (Å²) in [5.74, 6) is 2.52. The predicted octanol–water partition coefficient (Wildman–Crippen LogP) is 7.96. The van der Waals surface area contributed by atoms with Crippen molar-refractivity contribution in [3.8, 4) is 0 Å². The summed E-state index contributed by atoms with van der Waals surface area (Å²) in [7, 11) is 2.50. The van der Waals surface area contributed by atoms with Crippen molar-refractivity contribution in [1.82, 2.24) is 4.90 Å². The second-order valence-corrected chi connectivity index (χ2v) is 18.2. The van der Waals surface area contributed by atoms with E-state index in [1.165, 1.54) is 96.6 Å². The number of esters is 2. The number of nitrogens with zero attached hydrogens (tertiary/aromatic N) is 2. The van der Waals surface area contributed by atoms with E-state index in [4.69, 9.17) is 9.47 Å². The maximum Gasteiger partial charge on any atom is 0.311 e. The Hall–Kier alpha value is -0.660. The second kappa shape index (κ2) is 13.3. The zero-order chi connectivity index (χ0) is 31.5. The fourth-order valence-corrected chi connectivity index (χ4v) is 12.0. The van der Waals surface area contributed by atoms with E-state index >= 15 is 0 Å². The molecule has 5 unspecified atom stereocenters. The quantitative estimate of drug-likeness (QED) is 0.221. The molecule has 0 aromatic carbocycles. The summed E-state index contributed by atoms with van der Waals surface area (Å²) in [6, 6.07) is 0.755. The molecule has 45 heavy (non-hydrogen) atoms. The maximum atomic E-state index is 13.6. The van der Waals surface area contributed by atoms with E-state index in [-0.39, 0.29) is 52.0 Å². The third kappa shape index (κ3) is 6.55. The number of quaternary nitrogens is 1. The van der Waals surface area contributed by atoms with Crippen LogP contribution in [0.5, 0.6) is 0 Å². The molecule has 7 heteroatoms. The van der Waals surface area contributed by atoms with Crippen LogP contribution in [0.15, 0.2) is 0 Å². The van der Waals surface area contributed by atoms with Crippen LogP contribution in [0.4, 0.5) is 0 Å². The molecule has 10 atom stereocenters. The Morgan fingerprint density at radius 1 is 0.822 bits per heavy atom. The van der Waals surface area contributed by atoms with Gasteiger partial charge in [0.05, 0.1) is 25.6 Å². The molecule has 0 radical (unpaired) electrons. The van der Waals surface area contributed by atoms with Gasteiger partial charge in [-0.3, -0.25) is 14.5 Å². The molecule has 6 fully saturated rings. The van der Waals surface area contributed by atoms with E-state index in [0.29, 0.717) is 35.8 Å². The third-order valence-corrected chi connectivity index (χ3v) is 14.5. The van der Waals surface area contributed by atoms with E-state index < -0.39 is 5.41 Å². The molecule has 6 aliphatic rings. The van der Waals surface area contributed by atoms with Crippen LogP contribution in [0.2, 0.25) is 0 Å². The van der Waals surface area contributed by atoms with Gasteiger partial charge in [-0.2, -0.15) is 0 Å². The molecular weight excluding hydrogens is 628 g/mol. The van der Waals surface area contributed by atoms with Gasteiger partial charge in [0.15, 0.2) is 6.10 Å². The molecular formula is C38H66BrN2O4+. The van der Waals surface area contributed by atoms with Gasteiger partial charge in [0.2, 0.25) is 0 Å². The van der Waals surface area contributed by atoms with Gasteiger partial charge in [-0.1, -0.05) is 20.3 Å². The molecule has 0 spiro atoms. The van der Waals surface area contributed by atoms with Crippen LogP contribution in [-0.2, 0) is 19.1 Å². The molecule has 0 bridgehead atoms. The number of fused-ring (bicyclic) bond motifs is 5. The Bertz CT molecular complexity index is 1060. The first-order valence-corrected chi connectivity index (χ1v) is 18.7. The largest absolute Gasteiger partial charge is 0.461 e. The first kappa shape index (κ1) is 35.6. The highest BCUT2D eigenvalue weighted by Crippen LogP contribution is 2.68. The lowest BCUT2D eigenvalue weighted by molar-refractivity contribution is -0.935. The number of piperidine rings is 1. The molecule has 4 saturated carbocycles. The highest BCUT2D eigenvalue weighted by atomic mass is 79.9. The van der Waals surface area contributed by atoms with Crippen molar-refractivity contribution in [1.29, 1.82) is 0 Å². The first-order valence-electron chi connectivity index (χ1n) is 18.7. The Kier molecular flexibility index (Phi) is 10.6. The molecule has 4 aliphatic carbocycles. The Morgan fingerprint density at radius 3 is 2.09 bits per heavy atom. The number of ether oxygens (including phenoxy) is 2. The Labute approximate surface area is 285 Å². The monoisotopic (exact) mass is 693 g/mol. The lowest BCUT2D eigenvalue weighted by Gasteiger charge is -2.62. The van der Waals surface area contributed by atoms with Crippen molar-refractivity contribution >= 4 is 28.9 Å².